The van der Waals surface area contributed by atoms with E-state index >= 15 is 0 Å². The first kappa shape index (κ1) is 14.7. The maximum Gasteiger partial charge on any atom is 0.302 e. The van der Waals surface area contributed by atoms with Gasteiger partial charge in [-0.15, -0.1) is 0 Å². The van der Waals surface area contributed by atoms with Crippen LogP contribution in [0.1, 0.15) is 32.6 Å². The largest absolute Gasteiger partial charge is 0.462 e. The molecule has 2 bridgehead atoms. The van der Waals surface area contributed by atoms with Gasteiger partial charge in [-0.1, -0.05) is 0 Å². The van der Waals surface area contributed by atoms with Crippen molar-refractivity contribution in [3.8, 4) is 0 Å². The lowest BCUT2D eigenvalue weighted by Crippen LogP contribution is -2.56. The van der Waals surface area contributed by atoms with Crippen LogP contribution in [0.2, 0.25) is 0 Å². The molecule has 0 aromatic carbocycles. The van der Waals surface area contributed by atoms with Crippen LogP contribution in [-0.4, -0.2) is 43.6 Å². The SMILES string of the molecule is COC1(OC)[C@H]2C[C@@H]3[C@H](OC(C)=O)CCC[C@]31C(=O)C2=O. The summed E-state index contributed by atoms with van der Waals surface area (Å²) < 4.78 is 16.6. The standard InChI is InChI=1S/C15H20O6/c1-8(16)21-11-5-4-6-14-9(11)7-10(12(17)13(14)18)15(14,19-2)20-3/h9-11H,4-7H2,1-3H3/t9-,10+,11-,14-/m1/s1. The molecule has 0 unspecified atom stereocenters. The highest BCUT2D eigenvalue weighted by Crippen LogP contribution is 2.67. The summed E-state index contributed by atoms with van der Waals surface area (Å²) in [7, 11) is 2.95. The summed E-state index contributed by atoms with van der Waals surface area (Å²) in [6.07, 6.45) is 2.09. The first-order chi connectivity index (χ1) is 9.94. The first-order valence-electron chi connectivity index (χ1n) is 7.30. The van der Waals surface area contributed by atoms with Gasteiger partial charge in [-0.25, -0.2) is 0 Å². The van der Waals surface area contributed by atoms with Gasteiger partial charge in [-0.2, -0.15) is 0 Å². The lowest BCUT2D eigenvalue weighted by molar-refractivity contribution is -0.273. The molecule has 3 aliphatic carbocycles. The zero-order valence-corrected chi connectivity index (χ0v) is 12.5. The van der Waals surface area contributed by atoms with E-state index in [4.69, 9.17) is 14.2 Å². The summed E-state index contributed by atoms with van der Waals surface area (Å²) in [4.78, 5) is 36.2. The van der Waals surface area contributed by atoms with Gasteiger partial charge < -0.3 is 14.2 Å². The summed E-state index contributed by atoms with van der Waals surface area (Å²) in [6.45, 7) is 1.36. The number of rotatable bonds is 3. The zero-order valence-electron chi connectivity index (χ0n) is 12.5. The maximum absolute atomic E-state index is 12.6. The average molecular weight is 296 g/mol. The number of methoxy groups -OCH3 is 2. The number of hydrogen-bond donors (Lipinski definition) is 0. The van der Waals surface area contributed by atoms with Crippen molar-refractivity contribution in [2.45, 2.75) is 44.5 Å². The van der Waals surface area contributed by atoms with Crippen molar-refractivity contribution in [1.82, 2.24) is 0 Å². The zero-order chi connectivity index (χ0) is 15.4. The molecular weight excluding hydrogens is 276 g/mol. The van der Waals surface area contributed by atoms with Crippen LogP contribution in [0.25, 0.3) is 0 Å². The van der Waals surface area contributed by atoms with Gasteiger partial charge in [0.1, 0.15) is 6.10 Å². The van der Waals surface area contributed by atoms with Gasteiger partial charge in [-0.3, -0.25) is 14.4 Å². The summed E-state index contributed by atoms with van der Waals surface area (Å²) >= 11 is 0. The molecule has 1 spiro atoms. The van der Waals surface area contributed by atoms with Crippen molar-refractivity contribution in [3.63, 3.8) is 0 Å². The van der Waals surface area contributed by atoms with Crippen molar-refractivity contribution in [1.29, 1.82) is 0 Å². The molecule has 0 N–H and O–H groups in total. The topological polar surface area (TPSA) is 78.9 Å². The Labute approximate surface area is 123 Å². The van der Waals surface area contributed by atoms with Gasteiger partial charge >= 0.3 is 5.97 Å². The first-order valence-corrected chi connectivity index (χ1v) is 7.30. The van der Waals surface area contributed by atoms with Gasteiger partial charge in [0, 0.05) is 27.1 Å². The Balaban J connectivity index is 2.08. The molecule has 0 aromatic rings. The number of ketones is 2. The fourth-order valence-corrected chi connectivity index (χ4v) is 4.98. The lowest BCUT2D eigenvalue weighted by Gasteiger charge is -2.46. The van der Waals surface area contributed by atoms with Crippen LogP contribution < -0.4 is 0 Å². The fraction of sp³-hybridized carbons (Fsp3) is 0.800. The molecule has 21 heavy (non-hydrogen) atoms. The molecule has 6 nitrogen and oxygen atoms in total. The Bertz CT molecular complexity index is 508. The number of carbonyl (C=O) groups is 3. The van der Waals surface area contributed by atoms with Crippen LogP contribution in [0.15, 0.2) is 0 Å². The second kappa shape index (κ2) is 4.61. The van der Waals surface area contributed by atoms with Crippen LogP contribution in [0, 0.1) is 17.3 Å². The van der Waals surface area contributed by atoms with Gasteiger partial charge in [0.25, 0.3) is 0 Å². The van der Waals surface area contributed by atoms with E-state index in [-0.39, 0.29) is 18.0 Å². The summed E-state index contributed by atoms with van der Waals surface area (Å²) in [5.74, 6) is -3.18. The van der Waals surface area contributed by atoms with Gasteiger partial charge in [0.15, 0.2) is 5.79 Å². The molecule has 4 atom stereocenters. The van der Waals surface area contributed by atoms with Crippen LogP contribution in [0.4, 0.5) is 0 Å². The summed E-state index contributed by atoms with van der Waals surface area (Å²) in [5, 5.41) is 0. The second-order valence-electron chi connectivity index (χ2n) is 6.18. The monoisotopic (exact) mass is 296 g/mol. The Kier molecular flexibility index (Phi) is 3.22. The third-order valence-electron chi connectivity index (χ3n) is 5.58. The summed E-state index contributed by atoms with van der Waals surface area (Å²) in [5.41, 5.74) is -1.00. The molecule has 0 radical (unpaired) electrons. The van der Waals surface area contributed by atoms with E-state index in [9.17, 15) is 14.4 Å². The minimum atomic E-state index is -1.20. The highest BCUT2D eigenvalue weighted by atomic mass is 16.7. The van der Waals surface area contributed by atoms with Crippen LogP contribution in [0.3, 0.4) is 0 Å². The Morgan fingerprint density at radius 1 is 1.24 bits per heavy atom. The van der Waals surface area contributed by atoms with E-state index in [0.717, 1.165) is 0 Å². The predicted molar refractivity (Wildman–Crippen MR) is 70.2 cm³/mol. The third-order valence-corrected chi connectivity index (χ3v) is 5.58. The number of ether oxygens (including phenoxy) is 3. The maximum atomic E-state index is 12.6. The molecule has 3 aliphatic rings. The van der Waals surface area contributed by atoms with E-state index in [2.05, 4.69) is 0 Å². The number of hydrogen-bond acceptors (Lipinski definition) is 6. The van der Waals surface area contributed by atoms with Crippen molar-refractivity contribution in [2.24, 2.45) is 17.3 Å². The minimum Gasteiger partial charge on any atom is -0.462 e. The van der Waals surface area contributed by atoms with Crippen molar-refractivity contribution in [2.75, 3.05) is 14.2 Å². The third kappa shape index (κ3) is 1.52. The number of esters is 1. The minimum absolute atomic E-state index is 0.203. The Morgan fingerprint density at radius 3 is 2.48 bits per heavy atom. The van der Waals surface area contributed by atoms with Gasteiger partial charge in [0.05, 0.1) is 11.3 Å². The van der Waals surface area contributed by atoms with E-state index in [1.54, 1.807) is 0 Å². The van der Waals surface area contributed by atoms with E-state index in [1.165, 1.54) is 21.1 Å². The molecule has 0 amide bonds. The highest BCUT2D eigenvalue weighted by Gasteiger charge is 2.80. The van der Waals surface area contributed by atoms with Crippen LogP contribution in [-0.2, 0) is 28.6 Å². The molecule has 6 heteroatoms. The number of fused-ring (bicyclic) bond motifs is 1. The van der Waals surface area contributed by atoms with Gasteiger partial charge in [-0.05, 0) is 25.7 Å². The molecule has 3 rings (SSSR count). The quantitative estimate of drug-likeness (QED) is 0.437. The van der Waals surface area contributed by atoms with E-state index in [0.29, 0.717) is 25.7 Å². The molecule has 3 fully saturated rings. The second-order valence-corrected chi connectivity index (χ2v) is 6.18. The molecule has 0 heterocycles. The van der Waals surface area contributed by atoms with E-state index < -0.39 is 28.7 Å². The van der Waals surface area contributed by atoms with E-state index in [1.807, 2.05) is 0 Å². The van der Waals surface area contributed by atoms with Gasteiger partial charge in [0.2, 0.25) is 11.6 Å². The molecular formula is C15H20O6. The highest BCUT2D eigenvalue weighted by molar-refractivity contribution is 6.43. The van der Waals surface area contributed by atoms with Crippen LogP contribution in [0.5, 0.6) is 0 Å². The fourth-order valence-electron chi connectivity index (χ4n) is 4.98. The molecule has 0 aromatic heterocycles. The normalized spacial score (nSPS) is 40.2. The Hall–Kier alpha value is -1.27. The van der Waals surface area contributed by atoms with Crippen molar-refractivity contribution < 1.29 is 28.6 Å². The number of carbonyl (C=O) groups excluding carboxylic acids is 3. The summed E-state index contributed by atoms with van der Waals surface area (Å²) in [6, 6.07) is 0. The average Bonchev–Trinajstić information content (AvgIpc) is 2.84. The molecule has 3 saturated carbocycles. The van der Waals surface area contributed by atoms with Crippen molar-refractivity contribution in [3.05, 3.63) is 0 Å². The molecule has 0 saturated heterocycles. The predicted octanol–water partition coefficient (Wildman–Crippen LogP) is 0.865. The van der Waals surface area contributed by atoms with Crippen LogP contribution >= 0.6 is 0 Å². The Morgan fingerprint density at radius 2 is 1.90 bits per heavy atom. The lowest BCUT2D eigenvalue weighted by atomic mass is 9.62. The molecule has 0 aliphatic heterocycles. The number of Topliss-reactive ketones (excluding diaryl/α,β-unsaturated/α-hetero) is 2. The van der Waals surface area contributed by atoms with Crippen molar-refractivity contribution >= 4 is 17.5 Å². The molecule has 116 valence electrons. The smallest absolute Gasteiger partial charge is 0.302 e.